The molecule has 2 nitrogen and oxygen atoms in total. The van der Waals surface area contributed by atoms with Crippen molar-refractivity contribution in [2.24, 2.45) is 0 Å². The van der Waals surface area contributed by atoms with Gasteiger partial charge in [-0.2, -0.15) is 5.26 Å². The van der Waals surface area contributed by atoms with E-state index >= 15 is 0 Å². The second-order valence-corrected chi connectivity index (χ2v) is 6.52. The minimum atomic E-state index is 0.151. The highest BCUT2D eigenvalue weighted by Crippen LogP contribution is 2.48. The second-order valence-electron chi connectivity index (χ2n) is 5.70. The fraction of sp³-hybridized carbons (Fsp3) is 0.562. The summed E-state index contributed by atoms with van der Waals surface area (Å²) in [5, 5.41) is 9.98. The molecule has 20 heavy (non-hydrogen) atoms. The Bertz CT molecular complexity index is 518. The average Bonchev–Trinajstić information content (AvgIpc) is 2.38. The van der Waals surface area contributed by atoms with E-state index < -0.39 is 0 Å². The lowest BCUT2D eigenvalue weighted by Crippen LogP contribution is -2.51. The smallest absolute Gasteiger partial charge is 0.0635 e. The minimum Gasteiger partial charge on any atom is -0.302 e. The lowest BCUT2D eigenvalue weighted by Gasteiger charge is -2.50. The minimum absolute atomic E-state index is 0.151. The molecule has 1 aromatic carbocycles. The van der Waals surface area contributed by atoms with Gasteiger partial charge in [-0.15, -0.1) is 0 Å². The second kappa shape index (κ2) is 6.35. The number of halogens is 2. The lowest BCUT2D eigenvalue weighted by atomic mass is 9.60. The Kier molecular flexibility index (Phi) is 4.96. The third kappa shape index (κ3) is 2.81. The summed E-state index contributed by atoms with van der Waals surface area (Å²) < 4.78 is 0. The first kappa shape index (κ1) is 15.6. The highest BCUT2D eigenvalue weighted by atomic mass is 35.5. The molecule has 0 radical (unpaired) electrons. The Morgan fingerprint density at radius 3 is 2.55 bits per heavy atom. The molecular weight excluding hydrogens is 291 g/mol. The molecule has 0 aliphatic heterocycles. The largest absolute Gasteiger partial charge is 0.302 e. The maximum absolute atomic E-state index is 8.75. The van der Waals surface area contributed by atoms with E-state index in [1.807, 2.05) is 12.1 Å². The van der Waals surface area contributed by atoms with Gasteiger partial charge in [-0.05, 0) is 44.5 Å². The van der Waals surface area contributed by atoms with Crippen LogP contribution in [-0.4, -0.2) is 24.5 Å². The summed E-state index contributed by atoms with van der Waals surface area (Å²) >= 11 is 12.2. The summed E-state index contributed by atoms with van der Waals surface area (Å²) in [7, 11) is 2.10. The summed E-state index contributed by atoms with van der Waals surface area (Å²) in [5.41, 5.74) is 1.42. The zero-order valence-corrected chi connectivity index (χ0v) is 13.5. The van der Waals surface area contributed by atoms with Crippen LogP contribution in [0.4, 0.5) is 0 Å². The molecule has 1 saturated carbocycles. The molecule has 1 unspecified atom stereocenters. The molecule has 0 amide bonds. The van der Waals surface area contributed by atoms with E-state index in [1.165, 1.54) is 24.8 Å². The summed E-state index contributed by atoms with van der Waals surface area (Å²) in [4.78, 5) is 2.28. The van der Waals surface area contributed by atoms with Crippen LogP contribution in [0.1, 0.15) is 38.2 Å². The maximum Gasteiger partial charge on any atom is 0.0635 e. The number of hydrogen-bond donors (Lipinski definition) is 0. The molecule has 0 spiro atoms. The van der Waals surface area contributed by atoms with Gasteiger partial charge in [-0.3, -0.25) is 0 Å². The van der Waals surface area contributed by atoms with Crippen molar-refractivity contribution in [3.63, 3.8) is 0 Å². The number of hydrogen-bond acceptors (Lipinski definition) is 2. The van der Waals surface area contributed by atoms with Crippen LogP contribution in [0.3, 0.4) is 0 Å². The molecule has 0 bridgehead atoms. The summed E-state index contributed by atoms with van der Waals surface area (Å²) in [6, 6.07) is 8.61. The van der Waals surface area contributed by atoms with Gasteiger partial charge in [-0.25, -0.2) is 0 Å². The van der Waals surface area contributed by atoms with Crippen LogP contribution in [0, 0.1) is 11.3 Å². The fourth-order valence-electron chi connectivity index (χ4n) is 3.15. The lowest BCUT2D eigenvalue weighted by molar-refractivity contribution is 0.0933. The summed E-state index contributed by atoms with van der Waals surface area (Å²) in [6.45, 7) is 3.06. The van der Waals surface area contributed by atoms with Crippen molar-refractivity contribution >= 4 is 23.2 Å². The summed E-state index contributed by atoms with van der Waals surface area (Å²) in [5.74, 6) is 0. The van der Waals surface area contributed by atoms with Crippen molar-refractivity contribution in [3.05, 3.63) is 33.8 Å². The van der Waals surface area contributed by atoms with Gasteiger partial charge >= 0.3 is 0 Å². The number of nitriles is 1. The van der Waals surface area contributed by atoms with Crippen molar-refractivity contribution in [2.45, 2.75) is 44.1 Å². The first-order valence-corrected chi connectivity index (χ1v) is 7.79. The number of nitrogens with zero attached hydrogens (tertiary/aromatic N) is 2. The van der Waals surface area contributed by atoms with Crippen LogP contribution in [0.15, 0.2) is 18.2 Å². The monoisotopic (exact) mass is 310 g/mol. The fourth-order valence-corrected chi connectivity index (χ4v) is 3.45. The van der Waals surface area contributed by atoms with Crippen molar-refractivity contribution in [1.82, 2.24) is 4.90 Å². The van der Waals surface area contributed by atoms with E-state index in [2.05, 4.69) is 31.0 Å². The molecule has 1 atom stereocenters. The van der Waals surface area contributed by atoms with Crippen LogP contribution in [-0.2, 0) is 5.41 Å². The van der Waals surface area contributed by atoms with Crippen molar-refractivity contribution < 1.29 is 0 Å². The van der Waals surface area contributed by atoms with Crippen LogP contribution in [0.25, 0.3) is 0 Å². The molecule has 0 saturated heterocycles. The summed E-state index contributed by atoms with van der Waals surface area (Å²) in [6.07, 6.45) is 4.15. The normalized spacial score (nSPS) is 18.4. The quantitative estimate of drug-likeness (QED) is 0.791. The zero-order chi connectivity index (χ0) is 14.8. The molecule has 0 aromatic heterocycles. The first-order chi connectivity index (χ1) is 9.51. The maximum atomic E-state index is 8.75. The highest BCUT2D eigenvalue weighted by molar-refractivity contribution is 6.42. The van der Waals surface area contributed by atoms with Crippen molar-refractivity contribution in [2.75, 3.05) is 13.6 Å². The van der Waals surface area contributed by atoms with E-state index in [0.29, 0.717) is 22.5 Å². The Balaban J connectivity index is 2.24. The average molecular weight is 311 g/mol. The zero-order valence-electron chi connectivity index (χ0n) is 12.0. The van der Waals surface area contributed by atoms with Gasteiger partial charge in [0.25, 0.3) is 0 Å². The predicted molar refractivity (Wildman–Crippen MR) is 84.3 cm³/mol. The highest BCUT2D eigenvalue weighted by Gasteiger charge is 2.44. The Morgan fingerprint density at radius 1 is 1.35 bits per heavy atom. The van der Waals surface area contributed by atoms with Crippen molar-refractivity contribution in [3.8, 4) is 6.07 Å². The molecule has 1 aliphatic rings. The SMILES string of the molecule is CC(N(C)CCC#N)C1(c2ccc(Cl)c(Cl)c2)CCC1. The van der Waals surface area contributed by atoms with E-state index in [9.17, 15) is 0 Å². The molecule has 1 aliphatic carbocycles. The Labute approximate surface area is 131 Å². The molecule has 1 aromatic rings. The molecule has 108 valence electrons. The number of benzene rings is 1. The van der Waals surface area contributed by atoms with Gasteiger partial charge in [0.15, 0.2) is 0 Å². The van der Waals surface area contributed by atoms with Gasteiger partial charge < -0.3 is 4.90 Å². The topological polar surface area (TPSA) is 27.0 Å². The Morgan fingerprint density at radius 2 is 2.05 bits per heavy atom. The standard InChI is InChI=1S/C16H20Cl2N2/c1-12(20(2)10-4-9-19)16(7-3-8-16)13-5-6-14(17)15(18)11-13/h5-6,11-12H,3-4,7-8,10H2,1-2H3. The molecule has 0 heterocycles. The molecule has 1 fully saturated rings. The molecule has 4 heteroatoms. The predicted octanol–water partition coefficient (Wildman–Crippen LogP) is 4.65. The number of rotatable bonds is 5. The third-order valence-corrected chi connectivity index (χ3v) is 5.52. The van der Waals surface area contributed by atoms with E-state index in [-0.39, 0.29) is 5.41 Å². The molecular formula is C16H20Cl2N2. The van der Waals surface area contributed by atoms with Crippen LogP contribution < -0.4 is 0 Å². The number of likely N-dealkylation sites (N-methyl/N-ethyl adjacent to an activating group) is 1. The van der Waals surface area contributed by atoms with E-state index in [4.69, 9.17) is 28.5 Å². The first-order valence-electron chi connectivity index (χ1n) is 7.04. The third-order valence-electron chi connectivity index (χ3n) is 4.78. The van der Waals surface area contributed by atoms with Crippen LogP contribution >= 0.6 is 23.2 Å². The molecule has 2 rings (SSSR count). The molecule has 0 N–H and O–H groups in total. The van der Waals surface area contributed by atoms with Gasteiger partial charge in [0.1, 0.15) is 0 Å². The van der Waals surface area contributed by atoms with E-state index in [1.54, 1.807) is 0 Å². The van der Waals surface area contributed by atoms with Crippen molar-refractivity contribution in [1.29, 1.82) is 5.26 Å². The van der Waals surface area contributed by atoms with Crippen LogP contribution in [0.2, 0.25) is 10.0 Å². The van der Waals surface area contributed by atoms with Gasteiger partial charge in [-0.1, -0.05) is 35.7 Å². The van der Waals surface area contributed by atoms with Crippen LogP contribution in [0.5, 0.6) is 0 Å². The van der Waals surface area contributed by atoms with Gasteiger partial charge in [0.2, 0.25) is 0 Å². The van der Waals surface area contributed by atoms with Gasteiger partial charge in [0.05, 0.1) is 16.1 Å². The Hall–Kier alpha value is -0.750. The van der Waals surface area contributed by atoms with E-state index in [0.717, 1.165) is 6.54 Å². The van der Waals surface area contributed by atoms with Gasteiger partial charge in [0, 0.05) is 24.4 Å².